The Kier molecular flexibility index (Phi) is 6.33. The summed E-state index contributed by atoms with van der Waals surface area (Å²) in [5, 5.41) is 3.40. The van der Waals surface area contributed by atoms with Crippen molar-refractivity contribution in [2.45, 2.75) is 39.0 Å². The van der Waals surface area contributed by atoms with Gasteiger partial charge in [0.25, 0.3) is 0 Å². The maximum absolute atomic E-state index is 5.15. The predicted molar refractivity (Wildman–Crippen MR) is 74.8 cm³/mol. The SMILES string of the molecule is COC(CNC(C)c1ccc(C(C)C)cc1)OC. The average Bonchev–Trinajstić information content (AvgIpc) is 2.39. The first-order chi connectivity index (χ1) is 8.58. The van der Waals surface area contributed by atoms with Crippen LogP contribution in [0, 0.1) is 0 Å². The summed E-state index contributed by atoms with van der Waals surface area (Å²) < 4.78 is 10.3. The van der Waals surface area contributed by atoms with Gasteiger partial charge in [-0.3, -0.25) is 0 Å². The van der Waals surface area contributed by atoms with Crippen molar-refractivity contribution in [1.29, 1.82) is 0 Å². The lowest BCUT2D eigenvalue weighted by Gasteiger charge is -2.19. The number of rotatable bonds is 7. The summed E-state index contributed by atoms with van der Waals surface area (Å²) in [5.74, 6) is 0.577. The number of methoxy groups -OCH3 is 2. The molecular formula is C15H25NO2. The lowest BCUT2D eigenvalue weighted by molar-refractivity contribution is -0.0997. The second-order valence-corrected chi connectivity index (χ2v) is 4.85. The number of nitrogens with one attached hydrogen (secondary N) is 1. The highest BCUT2D eigenvalue weighted by atomic mass is 16.7. The molecule has 1 aromatic rings. The molecule has 0 amide bonds. The first-order valence-electron chi connectivity index (χ1n) is 6.47. The van der Waals surface area contributed by atoms with Gasteiger partial charge in [0.05, 0.1) is 0 Å². The fourth-order valence-corrected chi connectivity index (χ4v) is 1.82. The fraction of sp³-hybridized carbons (Fsp3) is 0.600. The molecule has 0 bridgehead atoms. The normalized spacial score (nSPS) is 13.3. The second kappa shape index (κ2) is 7.52. The Morgan fingerprint density at radius 3 is 1.89 bits per heavy atom. The van der Waals surface area contributed by atoms with Gasteiger partial charge in [0.1, 0.15) is 0 Å². The molecule has 18 heavy (non-hydrogen) atoms. The van der Waals surface area contributed by atoms with Crippen molar-refractivity contribution in [1.82, 2.24) is 5.32 Å². The van der Waals surface area contributed by atoms with Crippen LogP contribution < -0.4 is 5.32 Å². The van der Waals surface area contributed by atoms with Gasteiger partial charge in [-0.15, -0.1) is 0 Å². The van der Waals surface area contributed by atoms with Gasteiger partial charge in [-0.2, -0.15) is 0 Å². The molecule has 1 N–H and O–H groups in total. The summed E-state index contributed by atoms with van der Waals surface area (Å²) in [7, 11) is 3.30. The Morgan fingerprint density at radius 1 is 0.944 bits per heavy atom. The van der Waals surface area contributed by atoms with Crippen molar-refractivity contribution >= 4 is 0 Å². The predicted octanol–water partition coefficient (Wildman–Crippen LogP) is 3.08. The van der Waals surface area contributed by atoms with E-state index >= 15 is 0 Å². The lowest BCUT2D eigenvalue weighted by Crippen LogP contribution is -2.31. The van der Waals surface area contributed by atoms with Crippen molar-refractivity contribution < 1.29 is 9.47 Å². The number of hydrogen-bond donors (Lipinski definition) is 1. The maximum Gasteiger partial charge on any atom is 0.169 e. The van der Waals surface area contributed by atoms with Gasteiger partial charge in [0.2, 0.25) is 0 Å². The van der Waals surface area contributed by atoms with Gasteiger partial charge in [0, 0.05) is 26.8 Å². The Hall–Kier alpha value is -0.900. The van der Waals surface area contributed by atoms with Gasteiger partial charge < -0.3 is 14.8 Å². The Labute approximate surface area is 110 Å². The topological polar surface area (TPSA) is 30.5 Å². The van der Waals surface area contributed by atoms with Crippen LogP contribution in [0.15, 0.2) is 24.3 Å². The third-order valence-electron chi connectivity index (χ3n) is 3.22. The van der Waals surface area contributed by atoms with Crippen LogP contribution in [-0.2, 0) is 9.47 Å². The van der Waals surface area contributed by atoms with Gasteiger partial charge in [0.15, 0.2) is 6.29 Å². The molecule has 0 aliphatic carbocycles. The molecule has 3 nitrogen and oxygen atoms in total. The molecule has 1 aromatic carbocycles. The molecule has 0 spiro atoms. The van der Waals surface area contributed by atoms with Crippen LogP contribution in [0.1, 0.15) is 43.9 Å². The molecule has 0 heterocycles. The minimum Gasteiger partial charge on any atom is -0.355 e. The van der Waals surface area contributed by atoms with E-state index in [-0.39, 0.29) is 6.29 Å². The van der Waals surface area contributed by atoms with Crippen molar-refractivity contribution in [3.05, 3.63) is 35.4 Å². The largest absolute Gasteiger partial charge is 0.355 e. The number of ether oxygens (including phenoxy) is 2. The minimum absolute atomic E-state index is 0.192. The third kappa shape index (κ3) is 4.41. The second-order valence-electron chi connectivity index (χ2n) is 4.85. The van der Waals surface area contributed by atoms with Crippen LogP contribution in [0.25, 0.3) is 0 Å². The molecule has 0 aromatic heterocycles. The Balaban J connectivity index is 2.53. The molecular weight excluding hydrogens is 226 g/mol. The highest BCUT2D eigenvalue weighted by Gasteiger charge is 2.09. The van der Waals surface area contributed by atoms with Crippen LogP contribution >= 0.6 is 0 Å². The van der Waals surface area contributed by atoms with Gasteiger partial charge in [-0.05, 0) is 24.0 Å². The lowest BCUT2D eigenvalue weighted by atomic mass is 10.00. The molecule has 102 valence electrons. The highest BCUT2D eigenvalue weighted by Crippen LogP contribution is 2.18. The van der Waals surface area contributed by atoms with E-state index in [1.54, 1.807) is 14.2 Å². The van der Waals surface area contributed by atoms with Gasteiger partial charge in [-0.25, -0.2) is 0 Å². The monoisotopic (exact) mass is 251 g/mol. The van der Waals surface area contributed by atoms with Crippen molar-refractivity contribution in [3.63, 3.8) is 0 Å². The Bertz CT molecular complexity index is 331. The van der Waals surface area contributed by atoms with Gasteiger partial charge >= 0.3 is 0 Å². The highest BCUT2D eigenvalue weighted by molar-refractivity contribution is 5.26. The van der Waals surface area contributed by atoms with Crippen LogP contribution in [0.4, 0.5) is 0 Å². The van der Waals surface area contributed by atoms with E-state index < -0.39 is 0 Å². The van der Waals surface area contributed by atoms with E-state index in [9.17, 15) is 0 Å². The smallest absolute Gasteiger partial charge is 0.169 e. The summed E-state index contributed by atoms with van der Waals surface area (Å²) in [5.41, 5.74) is 2.66. The summed E-state index contributed by atoms with van der Waals surface area (Å²) in [6.45, 7) is 7.24. The zero-order valence-corrected chi connectivity index (χ0v) is 12.1. The van der Waals surface area contributed by atoms with E-state index in [0.29, 0.717) is 18.5 Å². The molecule has 0 fully saturated rings. The quantitative estimate of drug-likeness (QED) is 0.755. The zero-order valence-electron chi connectivity index (χ0n) is 12.1. The van der Waals surface area contributed by atoms with Gasteiger partial charge in [-0.1, -0.05) is 38.1 Å². The molecule has 1 atom stereocenters. The molecule has 0 aliphatic heterocycles. The van der Waals surface area contributed by atoms with Crippen LogP contribution in [0.2, 0.25) is 0 Å². The van der Waals surface area contributed by atoms with Crippen molar-refractivity contribution in [3.8, 4) is 0 Å². The maximum atomic E-state index is 5.15. The summed E-state index contributed by atoms with van der Waals surface area (Å²) >= 11 is 0. The molecule has 3 heteroatoms. The zero-order chi connectivity index (χ0) is 13.5. The number of hydrogen-bond acceptors (Lipinski definition) is 3. The first kappa shape index (κ1) is 15.2. The fourth-order valence-electron chi connectivity index (χ4n) is 1.82. The van der Waals surface area contributed by atoms with Crippen LogP contribution in [0.3, 0.4) is 0 Å². The summed E-state index contributed by atoms with van der Waals surface area (Å²) in [6.07, 6.45) is -0.192. The van der Waals surface area contributed by atoms with E-state index in [1.165, 1.54) is 11.1 Å². The van der Waals surface area contributed by atoms with Crippen molar-refractivity contribution in [2.24, 2.45) is 0 Å². The van der Waals surface area contributed by atoms with Crippen molar-refractivity contribution in [2.75, 3.05) is 20.8 Å². The standard InChI is InChI=1S/C15H25NO2/c1-11(2)13-6-8-14(9-7-13)12(3)16-10-15(17-4)18-5/h6-9,11-12,15-16H,10H2,1-5H3. The van der Waals surface area contributed by atoms with E-state index in [1.807, 2.05) is 0 Å². The number of benzene rings is 1. The first-order valence-corrected chi connectivity index (χ1v) is 6.47. The summed E-state index contributed by atoms with van der Waals surface area (Å²) in [4.78, 5) is 0. The van der Waals surface area contributed by atoms with E-state index in [2.05, 4.69) is 50.4 Å². The minimum atomic E-state index is -0.192. The van der Waals surface area contributed by atoms with Crippen LogP contribution in [0.5, 0.6) is 0 Å². The molecule has 0 aliphatic rings. The third-order valence-corrected chi connectivity index (χ3v) is 3.22. The molecule has 1 unspecified atom stereocenters. The van der Waals surface area contributed by atoms with Crippen LogP contribution in [-0.4, -0.2) is 27.1 Å². The molecule has 1 rings (SSSR count). The molecule has 0 saturated carbocycles. The van der Waals surface area contributed by atoms with E-state index in [4.69, 9.17) is 9.47 Å². The molecule has 0 radical (unpaired) electrons. The summed E-state index contributed by atoms with van der Waals surface area (Å²) in [6, 6.07) is 9.05. The van der Waals surface area contributed by atoms with E-state index in [0.717, 1.165) is 0 Å². The molecule has 0 saturated heterocycles. The Morgan fingerprint density at radius 2 is 1.44 bits per heavy atom. The average molecular weight is 251 g/mol.